The molecule has 0 aliphatic carbocycles. The normalized spacial score (nSPS) is 13.9. The second-order valence-corrected chi connectivity index (χ2v) is 7.02. The average Bonchev–Trinajstić information content (AvgIpc) is 2.74. The predicted molar refractivity (Wildman–Crippen MR) is 107 cm³/mol. The van der Waals surface area contributed by atoms with Gasteiger partial charge in [-0.25, -0.2) is 9.37 Å². The van der Waals surface area contributed by atoms with Gasteiger partial charge in [0.25, 0.3) is 5.91 Å². The van der Waals surface area contributed by atoms with Crippen molar-refractivity contribution in [3.63, 3.8) is 0 Å². The van der Waals surface area contributed by atoms with Crippen LogP contribution < -0.4 is 14.5 Å². The lowest BCUT2D eigenvalue weighted by molar-refractivity contribution is -0.137. The maximum atomic E-state index is 13.6. The van der Waals surface area contributed by atoms with Crippen LogP contribution in [0.5, 0.6) is 5.88 Å². The highest BCUT2D eigenvalue weighted by molar-refractivity contribution is 6.12. The Morgan fingerprint density at radius 2 is 1.74 bits per heavy atom. The molecule has 3 aromatic rings. The molecule has 2 heterocycles. The molecule has 1 aliphatic rings. The third kappa shape index (κ3) is 3.78. The van der Waals surface area contributed by atoms with Gasteiger partial charge < -0.3 is 9.64 Å². The molecule has 4 rings (SSSR count). The summed E-state index contributed by atoms with van der Waals surface area (Å²) in [7, 11) is 1.45. The molecule has 1 amide bonds. The van der Waals surface area contributed by atoms with Crippen LogP contribution in [0.1, 0.15) is 21.5 Å². The van der Waals surface area contributed by atoms with Crippen molar-refractivity contribution in [1.29, 1.82) is 0 Å². The summed E-state index contributed by atoms with van der Waals surface area (Å²) >= 11 is 0. The van der Waals surface area contributed by atoms with E-state index in [1.165, 1.54) is 42.5 Å². The number of hydrogen-bond acceptors (Lipinski definition) is 4. The number of alkyl halides is 3. The highest BCUT2D eigenvalue weighted by Crippen LogP contribution is 2.40. The number of halogens is 4. The molecule has 1 aliphatic heterocycles. The van der Waals surface area contributed by atoms with Crippen molar-refractivity contribution in [3.8, 4) is 5.88 Å². The van der Waals surface area contributed by atoms with Crippen molar-refractivity contribution in [1.82, 2.24) is 4.98 Å². The smallest absolute Gasteiger partial charge is 0.416 e. The first-order chi connectivity index (χ1) is 14.7. The van der Waals surface area contributed by atoms with Gasteiger partial charge in [0.1, 0.15) is 12.5 Å². The largest absolute Gasteiger partial charge is 0.481 e. The van der Waals surface area contributed by atoms with Crippen LogP contribution in [0.3, 0.4) is 0 Å². The van der Waals surface area contributed by atoms with Gasteiger partial charge in [0.2, 0.25) is 5.88 Å². The first-order valence-electron chi connectivity index (χ1n) is 9.26. The molecule has 0 fully saturated rings. The van der Waals surface area contributed by atoms with E-state index < -0.39 is 23.5 Å². The molecule has 0 unspecified atom stereocenters. The van der Waals surface area contributed by atoms with Crippen molar-refractivity contribution in [2.45, 2.75) is 13.1 Å². The van der Waals surface area contributed by atoms with Gasteiger partial charge in [-0.3, -0.25) is 9.69 Å². The van der Waals surface area contributed by atoms with Crippen molar-refractivity contribution in [3.05, 3.63) is 77.2 Å². The maximum Gasteiger partial charge on any atom is 0.416 e. The van der Waals surface area contributed by atoms with E-state index in [1.54, 1.807) is 24.0 Å². The number of rotatable bonds is 3. The Morgan fingerprint density at radius 3 is 2.35 bits per heavy atom. The van der Waals surface area contributed by atoms with Crippen LogP contribution in [0.25, 0.3) is 0 Å². The molecule has 31 heavy (non-hydrogen) atoms. The van der Waals surface area contributed by atoms with Gasteiger partial charge in [0.15, 0.2) is 0 Å². The van der Waals surface area contributed by atoms with Crippen molar-refractivity contribution >= 4 is 23.0 Å². The van der Waals surface area contributed by atoms with Gasteiger partial charge in [-0.05, 0) is 55.0 Å². The molecule has 0 saturated heterocycles. The molecular formula is C22H17F4N3O2. The molecule has 160 valence electrons. The molecule has 0 spiro atoms. The lowest BCUT2D eigenvalue weighted by Crippen LogP contribution is -2.45. The Morgan fingerprint density at radius 1 is 1.00 bits per heavy atom. The monoisotopic (exact) mass is 431 g/mol. The van der Waals surface area contributed by atoms with E-state index in [9.17, 15) is 22.4 Å². The standard InChI is InChI=1S/C22H17F4N3O2/c1-13-9-15(23)4-7-18(13)29-12-28(16-5-8-20(31-2)27-11-16)21(30)17-10-14(22(24,25)26)3-6-19(17)29/h3-11H,12H2,1-2H3. The number of aryl methyl sites for hydroxylation is 1. The number of ether oxygens (including phenoxy) is 1. The summed E-state index contributed by atoms with van der Waals surface area (Å²) in [5.74, 6) is -0.693. The number of carbonyl (C=O) groups excluding carboxylic acids is 1. The number of carbonyl (C=O) groups is 1. The van der Waals surface area contributed by atoms with E-state index in [2.05, 4.69) is 4.98 Å². The van der Waals surface area contributed by atoms with E-state index in [0.717, 1.165) is 12.1 Å². The molecule has 0 saturated carbocycles. The third-order valence-corrected chi connectivity index (χ3v) is 5.06. The minimum absolute atomic E-state index is 0.0116. The summed E-state index contributed by atoms with van der Waals surface area (Å²) in [6.45, 7) is 1.70. The van der Waals surface area contributed by atoms with Crippen molar-refractivity contribution in [2.24, 2.45) is 0 Å². The van der Waals surface area contributed by atoms with Gasteiger partial charge in [-0.15, -0.1) is 0 Å². The van der Waals surface area contributed by atoms with E-state index in [-0.39, 0.29) is 12.2 Å². The highest BCUT2D eigenvalue weighted by atomic mass is 19.4. The Hall–Kier alpha value is -3.62. The van der Waals surface area contributed by atoms with E-state index >= 15 is 0 Å². The van der Waals surface area contributed by atoms with Crippen LogP contribution >= 0.6 is 0 Å². The minimum atomic E-state index is -4.60. The van der Waals surface area contributed by atoms with Crippen LogP contribution in [0.15, 0.2) is 54.7 Å². The topological polar surface area (TPSA) is 45.7 Å². The maximum absolute atomic E-state index is 13.6. The Kier molecular flexibility index (Phi) is 5.04. The fourth-order valence-electron chi connectivity index (χ4n) is 3.53. The van der Waals surface area contributed by atoms with Crippen molar-refractivity contribution < 1.29 is 27.1 Å². The number of amides is 1. The first kappa shape index (κ1) is 20.6. The van der Waals surface area contributed by atoms with Crippen LogP contribution in [-0.4, -0.2) is 24.7 Å². The number of benzene rings is 2. The summed E-state index contributed by atoms with van der Waals surface area (Å²) in [6.07, 6.45) is -3.19. The van der Waals surface area contributed by atoms with Crippen LogP contribution in [-0.2, 0) is 6.18 Å². The number of methoxy groups -OCH3 is 1. The lowest BCUT2D eigenvalue weighted by Gasteiger charge is -2.38. The summed E-state index contributed by atoms with van der Waals surface area (Å²) in [6, 6.07) is 10.3. The molecule has 2 aromatic carbocycles. The summed E-state index contributed by atoms with van der Waals surface area (Å²) in [5, 5.41) is 0. The molecule has 5 nitrogen and oxygen atoms in total. The molecule has 0 atom stereocenters. The van der Waals surface area contributed by atoms with Gasteiger partial charge in [0, 0.05) is 11.8 Å². The zero-order valence-corrected chi connectivity index (χ0v) is 16.6. The Balaban J connectivity index is 1.87. The van der Waals surface area contributed by atoms with Crippen LogP contribution in [0.4, 0.5) is 34.6 Å². The molecule has 9 heteroatoms. The number of hydrogen-bond donors (Lipinski definition) is 0. The molecular weight excluding hydrogens is 414 g/mol. The first-order valence-corrected chi connectivity index (χ1v) is 9.26. The van der Waals surface area contributed by atoms with Crippen LogP contribution in [0.2, 0.25) is 0 Å². The van der Waals surface area contributed by atoms with Gasteiger partial charge >= 0.3 is 6.18 Å². The number of nitrogens with zero attached hydrogens (tertiary/aromatic N) is 3. The number of fused-ring (bicyclic) bond motifs is 1. The van der Waals surface area contributed by atoms with Gasteiger partial charge in [0.05, 0.1) is 35.8 Å². The van der Waals surface area contributed by atoms with Crippen LogP contribution in [0, 0.1) is 12.7 Å². The van der Waals surface area contributed by atoms with E-state index in [0.29, 0.717) is 28.5 Å². The molecule has 0 N–H and O–H groups in total. The Bertz CT molecular complexity index is 1150. The molecule has 1 aromatic heterocycles. The zero-order valence-electron chi connectivity index (χ0n) is 16.6. The lowest BCUT2D eigenvalue weighted by atomic mass is 10.0. The molecule has 0 radical (unpaired) electrons. The number of pyridine rings is 1. The SMILES string of the molecule is COc1ccc(N2CN(c3ccc(F)cc3C)c3ccc(C(F)(F)F)cc3C2=O)cn1. The second kappa shape index (κ2) is 7.57. The summed E-state index contributed by atoms with van der Waals surface area (Å²) in [4.78, 5) is 20.3. The van der Waals surface area contributed by atoms with Gasteiger partial charge in [-0.2, -0.15) is 13.2 Å². The summed E-state index contributed by atoms with van der Waals surface area (Å²) < 4.78 is 58.6. The molecule has 0 bridgehead atoms. The summed E-state index contributed by atoms with van der Waals surface area (Å²) in [5.41, 5.74) is 0.809. The fourth-order valence-corrected chi connectivity index (χ4v) is 3.53. The Labute approximate surface area is 175 Å². The quantitative estimate of drug-likeness (QED) is 0.527. The number of anilines is 3. The van der Waals surface area contributed by atoms with E-state index in [1.807, 2.05) is 0 Å². The zero-order chi connectivity index (χ0) is 22.3. The highest BCUT2D eigenvalue weighted by Gasteiger charge is 2.36. The average molecular weight is 431 g/mol. The fraction of sp³-hybridized carbons (Fsp3) is 0.182. The predicted octanol–water partition coefficient (Wildman–Crippen LogP) is 5.31. The minimum Gasteiger partial charge on any atom is -0.481 e. The van der Waals surface area contributed by atoms with Crippen molar-refractivity contribution in [2.75, 3.05) is 23.6 Å². The van der Waals surface area contributed by atoms with Gasteiger partial charge in [-0.1, -0.05) is 0 Å². The third-order valence-electron chi connectivity index (χ3n) is 5.06. The van der Waals surface area contributed by atoms with E-state index in [4.69, 9.17) is 4.74 Å². The number of aromatic nitrogens is 1. The second-order valence-electron chi connectivity index (χ2n) is 7.02.